The van der Waals surface area contributed by atoms with Gasteiger partial charge in [0, 0.05) is 6.04 Å². The molecule has 1 atom stereocenters. The lowest BCUT2D eigenvalue weighted by Crippen LogP contribution is -2.22. The van der Waals surface area contributed by atoms with Crippen LogP contribution in [0.5, 0.6) is 0 Å². The standard InChI is InChI=1S/C13H17N/c14-13-8-6-12(7-9-13)10-11-4-2-1-3-5-11/h1-6,13H,7-10,14H2. The van der Waals surface area contributed by atoms with Crippen LogP contribution in [0.25, 0.3) is 0 Å². The highest BCUT2D eigenvalue weighted by Gasteiger charge is 2.10. The Morgan fingerprint density at radius 3 is 2.64 bits per heavy atom. The van der Waals surface area contributed by atoms with Crippen molar-refractivity contribution in [3.8, 4) is 0 Å². The molecule has 1 aliphatic rings. The van der Waals surface area contributed by atoms with Gasteiger partial charge in [-0.05, 0) is 31.2 Å². The molecule has 1 aromatic rings. The largest absolute Gasteiger partial charge is 0.327 e. The molecule has 14 heavy (non-hydrogen) atoms. The molecular formula is C13H17N. The molecule has 2 rings (SSSR count). The molecule has 2 N–H and O–H groups in total. The van der Waals surface area contributed by atoms with E-state index in [-0.39, 0.29) is 0 Å². The number of benzene rings is 1. The molecule has 0 bridgehead atoms. The fourth-order valence-corrected chi connectivity index (χ4v) is 1.93. The Kier molecular flexibility index (Phi) is 3.00. The average molecular weight is 187 g/mol. The first kappa shape index (κ1) is 9.47. The molecule has 0 saturated heterocycles. The van der Waals surface area contributed by atoms with Crippen LogP contribution in [0.1, 0.15) is 24.8 Å². The van der Waals surface area contributed by atoms with Gasteiger partial charge in [-0.15, -0.1) is 0 Å². The molecule has 1 unspecified atom stereocenters. The van der Waals surface area contributed by atoms with Crippen molar-refractivity contribution < 1.29 is 0 Å². The smallest absolute Gasteiger partial charge is 0.00765 e. The monoisotopic (exact) mass is 187 g/mol. The lowest BCUT2D eigenvalue weighted by Gasteiger charge is -2.18. The third kappa shape index (κ3) is 2.46. The van der Waals surface area contributed by atoms with Crippen molar-refractivity contribution in [3.05, 3.63) is 47.5 Å². The van der Waals surface area contributed by atoms with Crippen molar-refractivity contribution in [3.63, 3.8) is 0 Å². The van der Waals surface area contributed by atoms with E-state index in [0.29, 0.717) is 6.04 Å². The number of allylic oxidation sites excluding steroid dienone is 1. The number of rotatable bonds is 2. The van der Waals surface area contributed by atoms with Crippen molar-refractivity contribution in [2.75, 3.05) is 0 Å². The summed E-state index contributed by atoms with van der Waals surface area (Å²) in [7, 11) is 0. The van der Waals surface area contributed by atoms with E-state index in [1.807, 2.05) is 0 Å². The minimum Gasteiger partial charge on any atom is -0.327 e. The summed E-state index contributed by atoms with van der Waals surface area (Å²) in [6.45, 7) is 0. The van der Waals surface area contributed by atoms with E-state index >= 15 is 0 Å². The van der Waals surface area contributed by atoms with E-state index in [2.05, 4.69) is 36.4 Å². The van der Waals surface area contributed by atoms with E-state index in [0.717, 1.165) is 19.3 Å². The highest BCUT2D eigenvalue weighted by Crippen LogP contribution is 2.20. The molecule has 0 radical (unpaired) electrons. The van der Waals surface area contributed by atoms with E-state index in [1.54, 1.807) is 5.57 Å². The molecule has 1 heteroatoms. The Morgan fingerprint density at radius 1 is 1.21 bits per heavy atom. The Bertz CT molecular complexity index is 313. The summed E-state index contributed by atoms with van der Waals surface area (Å²) in [5.41, 5.74) is 8.81. The van der Waals surface area contributed by atoms with Crippen LogP contribution in [-0.4, -0.2) is 6.04 Å². The molecule has 0 fully saturated rings. The van der Waals surface area contributed by atoms with Crippen molar-refractivity contribution in [1.82, 2.24) is 0 Å². The van der Waals surface area contributed by atoms with Gasteiger partial charge in [0.2, 0.25) is 0 Å². The van der Waals surface area contributed by atoms with Gasteiger partial charge in [-0.2, -0.15) is 0 Å². The third-order valence-electron chi connectivity index (χ3n) is 2.82. The van der Waals surface area contributed by atoms with Gasteiger partial charge in [-0.3, -0.25) is 0 Å². The number of nitrogens with two attached hydrogens (primary N) is 1. The quantitative estimate of drug-likeness (QED) is 0.708. The summed E-state index contributed by atoms with van der Waals surface area (Å²) in [5.74, 6) is 0. The maximum Gasteiger partial charge on any atom is 0.00765 e. The lowest BCUT2D eigenvalue weighted by molar-refractivity contribution is 0.583. The Hall–Kier alpha value is -1.08. The van der Waals surface area contributed by atoms with Crippen molar-refractivity contribution in [1.29, 1.82) is 0 Å². The van der Waals surface area contributed by atoms with Crippen LogP contribution in [0.15, 0.2) is 42.0 Å². The van der Waals surface area contributed by atoms with Crippen LogP contribution < -0.4 is 5.73 Å². The van der Waals surface area contributed by atoms with Crippen LogP contribution in [0.2, 0.25) is 0 Å². The molecule has 0 amide bonds. The molecular weight excluding hydrogens is 170 g/mol. The van der Waals surface area contributed by atoms with Crippen LogP contribution in [0.3, 0.4) is 0 Å². The predicted octanol–water partition coefficient (Wildman–Crippen LogP) is 2.67. The van der Waals surface area contributed by atoms with Gasteiger partial charge in [0.1, 0.15) is 0 Å². The van der Waals surface area contributed by atoms with E-state index in [9.17, 15) is 0 Å². The Labute approximate surface area is 85.6 Å². The maximum absolute atomic E-state index is 5.85. The molecule has 0 spiro atoms. The van der Waals surface area contributed by atoms with Crippen LogP contribution in [0.4, 0.5) is 0 Å². The molecule has 74 valence electrons. The molecule has 0 heterocycles. The molecule has 0 aromatic heterocycles. The summed E-state index contributed by atoms with van der Waals surface area (Å²) in [5, 5.41) is 0. The normalized spacial score (nSPS) is 21.8. The van der Waals surface area contributed by atoms with E-state index < -0.39 is 0 Å². The first-order valence-corrected chi connectivity index (χ1v) is 5.32. The highest BCUT2D eigenvalue weighted by atomic mass is 14.6. The van der Waals surface area contributed by atoms with Gasteiger partial charge >= 0.3 is 0 Å². The zero-order chi connectivity index (χ0) is 9.80. The number of hydrogen-bond acceptors (Lipinski definition) is 1. The van der Waals surface area contributed by atoms with Crippen LogP contribution >= 0.6 is 0 Å². The predicted molar refractivity (Wildman–Crippen MR) is 60.1 cm³/mol. The van der Waals surface area contributed by atoms with Gasteiger partial charge < -0.3 is 5.73 Å². The summed E-state index contributed by atoms with van der Waals surface area (Å²) in [4.78, 5) is 0. The third-order valence-corrected chi connectivity index (χ3v) is 2.82. The molecule has 1 aromatic carbocycles. The van der Waals surface area contributed by atoms with E-state index in [4.69, 9.17) is 5.73 Å². The average Bonchev–Trinajstić information content (AvgIpc) is 2.23. The fourth-order valence-electron chi connectivity index (χ4n) is 1.93. The minimum absolute atomic E-state index is 0.398. The summed E-state index contributed by atoms with van der Waals surface area (Å²) >= 11 is 0. The minimum atomic E-state index is 0.398. The Morgan fingerprint density at radius 2 is 2.00 bits per heavy atom. The van der Waals surface area contributed by atoms with Gasteiger partial charge in [-0.1, -0.05) is 42.0 Å². The topological polar surface area (TPSA) is 26.0 Å². The summed E-state index contributed by atoms with van der Waals surface area (Å²) in [6.07, 6.45) is 6.81. The van der Waals surface area contributed by atoms with Gasteiger partial charge in [0.05, 0.1) is 0 Å². The first-order chi connectivity index (χ1) is 6.84. The molecule has 1 nitrogen and oxygen atoms in total. The number of hydrogen-bond donors (Lipinski definition) is 1. The zero-order valence-electron chi connectivity index (χ0n) is 8.45. The van der Waals surface area contributed by atoms with Crippen molar-refractivity contribution >= 4 is 0 Å². The SMILES string of the molecule is NC1CC=C(Cc2ccccc2)CC1. The summed E-state index contributed by atoms with van der Waals surface area (Å²) < 4.78 is 0. The molecule has 1 aliphatic carbocycles. The zero-order valence-corrected chi connectivity index (χ0v) is 8.45. The lowest BCUT2D eigenvalue weighted by atomic mass is 9.92. The van der Waals surface area contributed by atoms with Crippen molar-refractivity contribution in [2.24, 2.45) is 5.73 Å². The second-order valence-electron chi connectivity index (χ2n) is 4.06. The fraction of sp³-hybridized carbons (Fsp3) is 0.385. The molecule has 0 aliphatic heterocycles. The highest BCUT2D eigenvalue weighted by molar-refractivity contribution is 5.22. The maximum atomic E-state index is 5.85. The second-order valence-corrected chi connectivity index (χ2v) is 4.06. The van der Waals surface area contributed by atoms with Gasteiger partial charge in [-0.25, -0.2) is 0 Å². The second kappa shape index (κ2) is 4.43. The van der Waals surface area contributed by atoms with Gasteiger partial charge in [0.25, 0.3) is 0 Å². The van der Waals surface area contributed by atoms with Gasteiger partial charge in [0.15, 0.2) is 0 Å². The van der Waals surface area contributed by atoms with E-state index in [1.165, 1.54) is 12.0 Å². The van der Waals surface area contributed by atoms with Crippen LogP contribution in [0, 0.1) is 0 Å². The molecule has 0 saturated carbocycles. The van der Waals surface area contributed by atoms with Crippen LogP contribution in [-0.2, 0) is 6.42 Å². The van der Waals surface area contributed by atoms with Crippen molar-refractivity contribution in [2.45, 2.75) is 31.7 Å². The Balaban J connectivity index is 1.99. The first-order valence-electron chi connectivity index (χ1n) is 5.32. The summed E-state index contributed by atoms with van der Waals surface area (Å²) in [6, 6.07) is 11.0.